The van der Waals surface area contributed by atoms with E-state index < -0.39 is 12.7 Å². The summed E-state index contributed by atoms with van der Waals surface area (Å²) in [5.74, 6) is 0.504. The van der Waals surface area contributed by atoms with Crippen LogP contribution < -0.4 is 11.1 Å². The molecule has 0 spiro atoms. The highest BCUT2D eigenvalue weighted by molar-refractivity contribution is 14.0. The second-order valence-corrected chi connectivity index (χ2v) is 6.11. The van der Waals surface area contributed by atoms with Crippen LogP contribution in [0.1, 0.15) is 27.2 Å². The minimum Gasteiger partial charge on any atom is -0.370 e. The van der Waals surface area contributed by atoms with Crippen LogP contribution in [0, 0.1) is 5.92 Å². The summed E-state index contributed by atoms with van der Waals surface area (Å²) in [7, 11) is 0. The van der Waals surface area contributed by atoms with E-state index in [0.717, 1.165) is 6.42 Å². The lowest BCUT2D eigenvalue weighted by molar-refractivity contribution is -0.143. The molecule has 1 aliphatic rings. The van der Waals surface area contributed by atoms with Crippen molar-refractivity contribution in [3.63, 3.8) is 0 Å². The third-order valence-electron chi connectivity index (χ3n) is 2.80. The van der Waals surface area contributed by atoms with Gasteiger partial charge >= 0.3 is 6.18 Å². The van der Waals surface area contributed by atoms with Gasteiger partial charge in [0.25, 0.3) is 0 Å². The van der Waals surface area contributed by atoms with Gasteiger partial charge in [0, 0.05) is 18.6 Å². The SMILES string of the molecule is CC(C)(C)NC(N)=NCC1CCN(CC(F)(F)F)C1.I. The Morgan fingerprint density at radius 3 is 2.45 bits per heavy atom. The van der Waals surface area contributed by atoms with Crippen LogP contribution >= 0.6 is 24.0 Å². The predicted octanol–water partition coefficient (Wildman–Crippen LogP) is 2.19. The highest BCUT2D eigenvalue weighted by atomic mass is 127. The maximum atomic E-state index is 12.2. The number of guanidine groups is 1. The molecular formula is C12H24F3IN4. The van der Waals surface area contributed by atoms with Gasteiger partial charge in [-0.3, -0.25) is 9.89 Å². The molecule has 0 aromatic heterocycles. The van der Waals surface area contributed by atoms with Gasteiger partial charge in [-0.2, -0.15) is 13.2 Å². The van der Waals surface area contributed by atoms with E-state index in [1.165, 1.54) is 4.90 Å². The topological polar surface area (TPSA) is 53.6 Å². The van der Waals surface area contributed by atoms with Crippen LogP contribution in [0.4, 0.5) is 13.2 Å². The van der Waals surface area contributed by atoms with E-state index in [2.05, 4.69) is 10.3 Å². The number of rotatable bonds is 3. The van der Waals surface area contributed by atoms with Crippen molar-refractivity contribution >= 4 is 29.9 Å². The summed E-state index contributed by atoms with van der Waals surface area (Å²) in [5, 5.41) is 3.03. The zero-order valence-corrected chi connectivity index (χ0v) is 14.5. The van der Waals surface area contributed by atoms with Crippen LogP contribution in [-0.4, -0.2) is 48.8 Å². The van der Waals surface area contributed by atoms with Crippen LogP contribution in [0.25, 0.3) is 0 Å². The summed E-state index contributed by atoms with van der Waals surface area (Å²) < 4.78 is 36.7. The van der Waals surface area contributed by atoms with Gasteiger partial charge in [0.05, 0.1) is 6.54 Å². The van der Waals surface area contributed by atoms with E-state index >= 15 is 0 Å². The molecule has 1 fully saturated rings. The number of nitrogens with one attached hydrogen (secondary N) is 1. The molecule has 0 saturated carbocycles. The molecule has 3 N–H and O–H groups in total. The number of hydrogen-bond acceptors (Lipinski definition) is 2. The summed E-state index contributed by atoms with van der Waals surface area (Å²) in [6.45, 7) is 6.46. The van der Waals surface area contributed by atoms with Crippen LogP contribution in [0.2, 0.25) is 0 Å². The Bertz CT molecular complexity index is 326. The first-order valence-corrected chi connectivity index (χ1v) is 6.42. The molecule has 0 aromatic rings. The van der Waals surface area contributed by atoms with Gasteiger partial charge in [-0.1, -0.05) is 0 Å². The average Bonchev–Trinajstić information content (AvgIpc) is 2.57. The van der Waals surface area contributed by atoms with Gasteiger partial charge in [0.1, 0.15) is 0 Å². The van der Waals surface area contributed by atoms with E-state index in [1.54, 1.807) is 0 Å². The van der Waals surface area contributed by atoms with Crippen molar-refractivity contribution in [2.75, 3.05) is 26.2 Å². The first-order chi connectivity index (χ1) is 8.55. The second kappa shape index (κ2) is 7.67. The van der Waals surface area contributed by atoms with Gasteiger partial charge in [-0.05, 0) is 39.7 Å². The molecule has 120 valence electrons. The van der Waals surface area contributed by atoms with Crippen molar-refractivity contribution in [2.45, 2.75) is 38.9 Å². The molecule has 1 aliphatic heterocycles. The van der Waals surface area contributed by atoms with Gasteiger partial charge in [-0.25, -0.2) is 0 Å². The maximum Gasteiger partial charge on any atom is 0.401 e. The zero-order valence-electron chi connectivity index (χ0n) is 12.1. The molecule has 1 heterocycles. The Kier molecular flexibility index (Phi) is 7.58. The fourth-order valence-corrected chi connectivity index (χ4v) is 2.11. The van der Waals surface area contributed by atoms with Gasteiger partial charge in [-0.15, -0.1) is 24.0 Å². The van der Waals surface area contributed by atoms with Crippen molar-refractivity contribution in [2.24, 2.45) is 16.6 Å². The first-order valence-electron chi connectivity index (χ1n) is 6.42. The van der Waals surface area contributed by atoms with Gasteiger partial charge in [0.2, 0.25) is 0 Å². The zero-order chi connectivity index (χ0) is 14.7. The van der Waals surface area contributed by atoms with Crippen molar-refractivity contribution in [3.05, 3.63) is 0 Å². The summed E-state index contributed by atoms with van der Waals surface area (Å²) in [6, 6.07) is 0. The Labute approximate surface area is 135 Å². The van der Waals surface area contributed by atoms with E-state index in [0.29, 0.717) is 25.6 Å². The van der Waals surface area contributed by atoms with E-state index in [9.17, 15) is 13.2 Å². The number of nitrogens with zero attached hydrogens (tertiary/aromatic N) is 2. The maximum absolute atomic E-state index is 12.2. The largest absolute Gasteiger partial charge is 0.401 e. The normalized spacial score (nSPS) is 21.7. The first kappa shape index (κ1) is 19.8. The lowest BCUT2D eigenvalue weighted by Gasteiger charge is -2.21. The number of nitrogens with two attached hydrogens (primary N) is 1. The molecule has 8 heteroatoms. The van der Waals surface area contributed by atoms with E-state index in [-0.39, 0.29) is 35.4 Å². The fourth-order valence-electron chi connectivity index (χ4n) is 2.11. The van der Waals surface area contributed by atoms with E-state index in [4.69, 9.17) is 5.73 Å². The number of halogens is 4. The molecule has 4 nitrogen and oxygen atoms in total. The highest BCUT2D eigenvalue weighted by Crippen LogP contribution is 2.22. The molecular weight excluding hydrogens is 384 g/mol. The quantitative estimate of drug-likeness (QED) is 0.428. The Hall–Kier alpha value is -0.250. The summed E-state index contributed by atoms with van der Waals surface area (Å²) in [4.78, 5) is 5.62. The monoisotopic (exact) mass is 408 g/mol. The van der Waals surface area contributed by atoms with Crippen LogP contribution in [0.15, 0.2) is 4.99 Å². The molecule has 1 rings (SSSR count). The summed E-state index contributed by atoms with van der Waals surface area (Å²) >= 11 is 0. The van der Waals surface area contributed by atoms with Crippen molar-refractivity contribution < 1.29 is 13.2 Å². The van der Waals surface area contributed by atoms with Gasteiger partial charge < -0.3 is 11.1 Å². The third kappa shape index (κ3) is 8.83. The second-order valence-electron chi connectivity index (χ2n) is 6.11. The van der Waals surface area contributed by atoms with Crippen molar-refractivity contribution in [3.8, 4) is 0 Å². The molecule has 1 unspecified atom stereocenters. The standard InChI is InChI=1S/C12H23F3N4.HI/c1-11(2,3)18-10(16)17-6-9-4-5-19(7-9)8-12(13,14)15;/h9H,4-8H2,1-3H3,(H3,16,17,18);1H. The number of aliphatic imine (C=N–C) groups is 1. The molecule has 20 heavy (non-hydrogen) atoms. The average molecular weight is 408 g/mol. The highest BCUT2D eigenvalue weighted by Gasteiger charge is 2.34. The number of likely N-dealkylation sites (tertiary alicyclic amines) is 1. The van der Waals surface area contributed by atoms with Crippen molar-refractivity contribution in [1.82, 2.24) is 10.2 Å². The third-order valence-corrected chi connectivity index (χ3v) is 2.80. The Morgan fingerprint density at radius 1 is 1.35 bits per heavy atom. The fraction of sp³-hybridized carbons (Fsp3) is 0.917. The summed E-state index contributed by atoms with van der Waals surface area (Å²) in [5.41, 5.74) is 5.56. The lowest BCUT2D eigenvalue weighted by atomic mass is 10.1. The molecule has 0 radical (unpaired) electrons. The Morgan fingerprint density at radius 2 is 1.95 bits per heavy atom. The van der Waals surface area contributed by atoms with Gasteiger partial charge in [0.15, 0.2) is 5.96 Å². The van der Waals surface area contributed by atoms with Crippen LogP contribution in [-0.2, 0) is 0 Å². The smallest absolute Gasteiger partial charge is 0.370 e. The molecule has 1 saturated heterocycles. The van der Waals surface area contributed by atoms with Crippen LogP contribution in [0.5, 0.6) is 0 Å². The molecule has 0 amide bonds. The molecule has 0 aromatic carbocycles. The van der Waals surface area contributed by atoms with Crippen LogP contribution in [0.3, 0.4) is 0 Å². The number of hydrogen-bond donors (Lipinski definition) is 2. The van der Waals surface area contributed by atoms with E-state index in [1.807, 2.05) is 20.8 Å². The Balaban J connectivity index is 0.00000361. The summed E-state index contributed by atoms with van der Waals surface area (Å²) in [6.07, 6.45) is -3.38. The number of alkyl halides is 3. The predicted molar refractivity (Wildman–Crippen MR) is 85.4 cm³/mol. The molecule has 0 bridgehead atoms. The lowest BCUT2D eigenvalue weighted by Crippen LogP contribution is -2.45. The minimum absolute atomic E-state index is 0. The minimum atomic E-state index is -4.12. The molecule has 0 aliphatic carbocycles. The molecule has 1 atom stereocenters. The van der Waals surface area contributed by atoms with Crippen molar-refractivity contribution in [1.29, 1.82) is 0 Å².